The van der Waals surface area contributed by atoms with Crippen molar-refractivity contribution in [2.24, 2.45) is 0 Å². The van der Waals surface area contributed by atoms with Crippen LogP contribution in [-0.2, 0) is 9.53 Å². The Morgan fingerprint density at radius 2 is 2.21 bits per heavy atom. The van der Waals surface area contributed by atoms with E-state index in [0.29, 0.717) is 13.1 Å². The van der Waals surface area contributed by atoms with Gasteiger partial charge in [-0.05, 0) is 13.0 Å². The first-order valence-electron chi connectivity index (χ1n) is 5.69. The third-order valence-electron chi connectivity index (χ3n) is 2.91. The average Bonchev–Trinajstić information content (AvgIpc) is 2.33. The van der Waals surface area contributed by atoms with E-state index in [4.69, 9.17) is 9.84 Å². The zero-order valence-corrected chi connectivity index (χ0v) is 10.4. The van der Waals surface area contributed by atoms with Gasteiger partial charge >= 0.3 is 5.97 Å². The van der Waals surface area contributed by atoms with Gasteiger partial charge in [0.1, 0.15) is 18.0 Å². The summed E-state index contributed by atoms with van der Waals surface area (Å²) in [6, 6.07) is 1.44. The van der Waals surface area contributed by atoms with Gasteiger partial charge in [-0.25, -0.2) is 4.79 Å². The third kappa shape index (κ3) is 2.82. The van der Waals surface area contributed by atoms with E-state index in [0.717, 1.165) is 0 Å². The van der Waals surface area contributed by atoms with E-state index in [1.807, 2.05) is 0 Å². The molecule has 0 radical (unpaired) electrons. The van der Waals surface area contributed by atoms with E-state index >= 15 is 0 Å². The number of pyridine rings is 1. The van der Waals surface area contributed by atoms with Crippen molar-refractivity contribution >= 4 is 11.9 Å². The molecule has 0 atom stereocenters. The van der Waals surface area contributed by atoms with Crippen LogP contribution in [0.25, 0.3) is 0 Å². The minimum atomic E-state index is -1.04. The summed E-state index contributed by atoms with van der Waals surface area (Å²) in [5.41, 5.74) is -0.466. The van der Waals surface area contributed by atoms with E-state index in [1.54, 1.807) is 6.92 Å². The number of ether oxygens (including phenoxy) is 1. The Hall–Kier alpha value is -2.15. The Morgan fingerprint density at radius 1 is 1.53 bits per heavy atom. The summed E-state index contributed by atoms with van der Waals surface area (Å²) in [5, 5.41) is 18.1. The minimum absolute atomic E-state index is 0.174. The molecular formula is C12H14N2O5. The number of carboxylic acid groups (broad SMARTS) is 1. The van der Waals surface area contributed by atoms with E-state index < -0.39 is 11.6 Å². The van der Waals surface area contributed by atoms with Gasteiger partial charge in [-0.1, -0.05) is 0 Å². The number of carboxylic acids is 1. The van der Waals surface area contributed by atoms with E-state index in [1.165, 1.54) is 23.4 Å². The van der Waals surface area contributed by atoms with Crippen LogP contribution < -0.4 is 0 Å². The number of rotatable bonds is 4. The van der Waals surface area contributed by atoms with Gasteiger partial charge in [0.2, 0.25) is 0 Å². The molecule has 1 saturated heterocycles. The maximum atomic E-state index is 12.0. The van der Waals surface area contributed by atoms with Crippen LogP contribution >= 0.6 is 0 Å². The molecule has 0 bridgehead atoms. The summed E-state index contributed by atoms with van der Waals surface area (Å²) in [6.07, 6.45) is 2.63. The van der Waals surface area contributed by atoms with Gasteiger partial charge in [-0.15, -0.1) is 0 Å². The quantitative estimate of drug-likeness (QED) is 0.802. The van der Waals surface area contributed by atoms with E-state index in [9.17, 15) is 14.7 Å². The zero-order chi connectivity index (χ0) is 14.0. The number of nitrogens with zero attached hydrogens (tertiary/aromatic N) is 2. The molecule has 7 heteroatoms. The molecular weight excluding hydrogens is 252 g/mol. The number of aliphatic carboxylic acids is 1. The van der Waals surface area contributed by atoms with Crippen LogP contribution in [0.5, 0.6) is 5.75 Å². The van der Waals surface area contributed by atoms with Crippen LogP contribution in [0.1, 0.15) is 17.3 Å². The molecule has 1 amide bonds. The highest BCUT2D eigenvalue weighted by molar-refractivity contribution is 5.97. The second kappa shape index (κ2) is 4.85. The normalized spacial score (nSPS) is 16.8. The molecule has 2 N–H and O–H groups in total. The van der Waals surface area contributed by atoms with Crippen LogP contribution in [0.4, 0.5) is 0 Å². The molecule has 0 aromatic carbocycles. The molecule has 19 heavy (non-hydrogen) atoms. The third-order valence-corrected chi connectivity index (χ3v) is 2.91. The molecule has 2 heterocycles. The highest BCUT2D eigenvalue weighted by atomic mass is 16.5. The molecule has 0 unspecified atom stereocenters. The second-order valence-corrected chi connectivity index (χ2v) is 4.69. The topological polar surface area (TPSA) is 100.0 Å². The van der Waals surface area contributed by atoms with Gasteiger partial charge in [0.15, 0.2) is 0 Å². The number of likely N-dealkylation sites (tertiary alicyclic amines) is 1. The fourth-order valence-electron chi connectivity index (χ4n) is 1.97. The Balaban J connectivity index is 1.95. The number of hydrogen-bond donors (Lipinski definition) is 2. The number of aromatic nitrogens is 1. The first-order valence-corrected chi connectivity index (χ1v) is 5.69. The summed E-state index contributed by atoms with van der Waals surface area (Å²) < 4.78 is 5.21. The molecule has 7 nitrogen and oxygen atoms in total. The lowest BCUT2D eigenvalue weighted by molar-refractivity contribution is -0.159. The van der Waals surface area contributed by atoms with Crippen LogP contribution in [0.2, 0.25) is 0 Å². The predicted molar refractivity (Wildman–Crippen MR) is 63.8 cm³/mol. The van der Waals surface area contributed by atoms with Crippen molar-refractivity contribution in [2.75, 3.05) is 19.7 Å². The van der Waals surface area contributed by atoms with Gasteiger partial charge in [-0.2, -0.15) is 0 Å². The van der Waals surface area contributed by atoms with Crippen LogP contribution in [0.3, 0.4) is 0 Å². The standard InChI is InChI=1S/C12H14N2O5/c1-12(19-5-10(16)17)6-14(7-12)11(18)8-2-3-13-4-9(8)15/h2-4,15H,5-7H2,1H3,(H,16,17). The van der Waals surface area contributed by atoms with E-state index in [2.05, 4.69) is 4.98 Å². The first-order chi connectivity index (χ1) is 8.91. The first kappa shape index (κ1) is 13.3. The summed E-state index contributed by atoms with van der Waals surface area (Å²) in [6.45, 7) is 1.94. The van der Waals surface area contributed by atoms with Crippen molar-refractivity contribution in [1.29, 1.82) is 0 Å². The second-order valence-electron chi connectivity index (χ2n) is 4.69. The van der Waals surface area contributed by atoms with Crippen molar-refractivity contribution in [3.05, 3.63) is 24.0 Å². The van der Waals surface area contributed by atoms with Gasteiger partial charge in [0, 0.05) is 6.20 Å². The number of carbonyl (C=O) groups is 2. The van der Waals surface area contributed by atoms with Crippen LogP contribution in [-0.4, -0.2) is 57.3 Å². The molecule has 1 fully saturated rings. The molecule has 2 rings (SSSR count). The summed E-state index contributed by atoms with van der Waals surface area (Å²) in [4.78, 5) is 27.6. The lowest BCUT2D eigenvalue weighted by Gasteiger charge is -2.47. The van der Waals surface area contributed by atoms with Crippen molar-refractivity contribution in [3.63, 3.8) is 0 Å². The van der Waals surface area contributed by atoms with Gasteiger partial charge in [0.25, 0.3) is 5.91 Å². The summed E-state index contributed by atoms with van der Waals surface area (Å²) in [7, 11) is 0. The maximum Gasteiger partial charge on any atom is 0.329 e. The SMILES string of the molecule is CC1(OCC(=O)O)CN(C(=O)c2ccncc2O)C1. The highest BCUT2D eigenvalue weighted by Crippen LogP contribution is 2.28. The molecule has 0 aliphatic carbocycles. The number of aromatic hydroxyl groups is 1. The molecule has 1 aliphatic heterocycles. The molecule has 1 aromatic rings. The lowest BCUT2D eigenvalue weighted by Crippen LogP contribution is -2.63. The Bertz CT molecular complexity index is 511. The van der Waals surface area contributed by atoms with Crippen molar-refractivity contribution < 1.29 is 24.5 Å². The smallest absolute Gasteiger partial charge is 0.329 e. The van der Waals surface area contributed by atoms with Crippen molar-refractivity contribution in [3.8, 4) is 5.75 Å². The summed E-state index contributed by atoms with van der Waals surface area (Å²) >= 11 is 0. The maximum absolute atomic E-state index is 12.0. The van der Waals surface area contributed by atoms with Crippen molar-refractivity contribution in [2.45, 2.75) is 12.5 Å². The van der Waals surface area contributed by atoms with Crippen LogP contribution in [0.15, 0.2) is 18.5 Å². The molecule has 1 aliphatic rings. The fourth-order valence-corrected chi connectivity index (χ4v) is 1.97. The Kier molecular flexibility index (Phi) is 3.39. The van der Waals surface area contributed by atoms with Crippen LogP contribution in [0, 0.1) is 0 Å². The number of amides is 1. The minimum Gasteiger partial charge on any atom is -0.505 e. The van der Waals surface area contributed by atoms with Gasteiger partial charge in [0.05, 0.1) is 24.8 Å². The number of carbonyl (C=O) groups excluding carboxylic acids is 1. The average molecular weight is 266 g/mol. The molecule has 0 spiro atoms. The van der Waals surface area contributed by atoms with Gasteiger partial charge < -0.3 is 19.8 Å². The largest absolute Gasteiger partial charge is 0.505 e. The highest BCUT2D eigenvalue weighted by Gasteiger charge is 2.43. The fraction of sp³-hybridized carbons (Fsp3) is 0.417. The molecule has 1 aromatic heterocycles. The predicted octanol–water partition coefficient (Wildman–Crippen LogP) is 0.103. The van der Waals surface area contributed by atoms with Gasteiger partial charge in [-0.3, -0.25) is 9.78 Å². The van der Waals surface area contributed by atoms with Crippen molar-refractivity contribution in [1.82, 2.24) is 9.88 Å². The molecule has 102 valence electrons. The number of hydrogen-bond acceptors (Lipinski definition) is 5. The summed E-state index contributed by atoms with van der Waals surface area (Å²) in [5.74, 6) is -1.54. The Labute approximate surface area is 109 Å². The van der Waals surface area contributed by atoms with E-state index in [-0.39, 0.29) is 23.8 Å². The molecule has 0 saturated carbocycles. The Morgan fingerprint density at radius 3 is 2.79 bits per heavy atom. The lowest BCUT2D eigenvalue weighted by atomic mass is 9.95. The monoisotopic (exact) mass is 266 g/mol. The zero-order valence-electron chi connectivity index (χ0n) is 10.4.